The number of aryl methyl sites for hydroxylation is 1. The molecule has 1 aromatic carbocycles. The van der Waals surface area contributed by atoms with E-state index in [1.165, 1.54) is 5.52 Å². The Bertz CT molecular complexity index is 535. The van der Waals surface area contributed by atoms with Gasteiger partial charge in [-0.1, -0.05) is 12.1 Å². The van der Waals surface area contributed by atoms with Crippen molar-refractivity contribution in [2.45, 2.75) is 39.0 Å². The summed E-state index contributed by atoms with van der Waals surface area (Å²) in [5.74, 6) is 1.12. The maximum Gasteiger partial charge on any atom is 0.111 e. The minimum atomic E-state index is 0.162. The van der Waals surface area contributed by atoms with Gasteiger partial charge in [-0.3, -0.25) is 0 Å². The molecular weight excluding hydrogens is 238 g/mol. The van der Waals surface area contributed by atoms with Gasteiger partial charge >= 0.3 is 0 Å². The summed E-state index contributed by atoms with van der Waals surface area (Å²) in [7, 11) is 3.72. The molecule has 0 amide bonds. The van der Waals surface area contributed by atoms with Gasteiger partial charge in [0.2, 0.25) is 0 Å². The van der Waals surface area contributed by atoms with E-state index < -0.39 is 0 Å². The summed E-state index contributed by atoms with van der Waals surface area (Å²) < 4.78 is 7.70. The number of nitrogens with zero attached hydrogens (tertiary/aromatic N) is 2. The molecule has 0 saturated heterocycles. The third kappa shape index (κ3) is 2.80. The van der Waals surface area contributed by atoms with Crippen LogP contribution in [0.1, 0.15) is 19.7 Å². The van der Waals surface area contributed by atoms with Crippen molar-refractivity contribution in [3.05, 3.63) is 30.1 Å². The van der Waals surface area contributed by atoms with E-state index in [-0.39, 0.29) is 12.1 Å². The number of ether oxygens (including phenoxy) is 1. The van der Waals surface area contributed by atoms with Crippen LogP contribution in [0, 0.1) is 0 Å². The molecule has 2 aromatic rings. The number of likely N-dealkylation sites (N-methyl/N-ethyl adjacent to an activating group) is 1. The van der Waals surface area contributed by atoms with Gasteiger partial charge in [0.05, 0.1) is 17.1 Å². The normalized spacial score (nSPS) is 14.7. The molecule has 2 rings (SSSR count). The predicted octanol–water partition coefficient (Wildman–Crippen LogP) is 2.22. The quantitative estimate of drug-likeness (QED) is 0.866. The predicted molar refractivity (Wildman–Crippen MR) is 78.4 cm³/mol. The Kier molecular flexibility index (Phi) is 4.56. The summed E-state index contributed by atoms with van der Waals surface area (Å²) in [6.07, 6.45) is 1.03. The first kappa shape index (κ1) is 14.0. The van der Waals surface area contributed by atoms with Crippen LogP contribution < -0.4 is 5.32 Å². The molecule has 4 nitrogen and oxygen atoms in total. The Morgan fingerprint density at radius 3 is 2.74 bits per heavy atom. The highest BCUT2D eigenvalue weighted by Crippen LogP contribution is 2.17. The number of aromatic nitrogens is 2. The van der Waals surface area contributed by atoms with E-state index in [2.05, 4.69) is 41.9 Å². The molecule has 0 bridgehead atoms. The zero-order valence-electron chi connectivity index (χ0n) is 12.2. The molecule has 1 aromatic heterocycles. The highest BCUT2D eigenvalue weighted by molar-refractivity contribution is 5.75. The van der Waals surface area contributed by atoms with Crippen molar-refractivity contribution in [2.24, 2.45) is 0 Å². The molecule has 0 aliphatic carbocycles. The second kappa shape index (κ2) is 6.17. The summed E-state index contributed by atoms with van der Waals surface area (Å²) in [4.78, 5) is 4.76. The van der Waals surface area contributed by atoms with Crippen molar-refractivity contribution in [2.75, 3.05) is 14.2 Å². The summed E-state index contributed by atoms with van der Waals surface area (Å²) in [5, 5.41) is 3.32. The Hall–Kier alpha value is -1.39. The van der Waals surface area contributed by atoms with Crippen molar-refractivity contribution < 1.29 is 4.74 Å². The number of benzene rings is 1. The number of nitrogens with one attached hydrogen (secondary N) is 1. The van der Waals surface area contributed by atoms with Gasteiger partial charge in [-0.15, -0.1) is 0 Å². The van der Waals surface area contributed by atoms with E-state index in [9.17, 15) is 0 Å². The zero-order chi connectivity index (χ0) is 13.8. The molecule has 0 saturated carbocycles. The Balaban J connectivity index is 2.33. The van der Waals surface area contributed by atoms with Crippen LogP contribution in [0.25, 0.3) is 11.0 Å². The lowest BCUT2D eigenvalue weighted by Crippen LogP contribution is -2.39. The number of hydrogen-bond donors (Lipinski definition) is 1. The van der Waals surface area contributed by atoms with Gasteiger partial charge in [0.15, 0.2) is 0 Å². The number of rotatable bonds is 6. The van der Waals surface area contributed by atoms with E-state index in [4.69, 9.17) is 9.72 Å². The Labute approximate surface area is 114 Å². The smallest absolute Gasteiger partial charge is 0.111 e. The summed E-state index contributed by atoms with van der Waals surface area (Å²) in [6, 6.07) is 8.56. The first-order chi connectivity index (χ1) is 9.21. The second-order valence-electron chi connectivity index (χ2n) is 4.80. The van der Waals surface area contributed by atoms with Crippen molar-refractivity contribution in [1.82, 2.24) is 14.9 Å². The molecule has 104 valence electrons. The molecule has 2 atom stereocenters. The van der Waals surface area contributed by atoms with Gasteiger partial charge in [-0.05, 0) is 33.0 Å². The van der Waals surface area contributed by atoms with Crippen LogP contribution in [0.2, 0.25) is 0 Å². The van der Waals surface area contributed by atoms with Crippen molar-refractivity contribution >= 4 is 11.0 Å². The number of hydrogen-bond acceptors (Lipinski definition) is 3. The van der Waals surface area contributed by atoms with Gasteiger partial charge in [-0.2, -0.15) is 0 Å². The topological polar surface area (TPSA) is 39.1 Å². The Morgan fingerprint density at radius 1 is 1.37 bits per heavy atom. The highest BCUT2D eigenvalue weighted by Gasteiger charge is 2.19. The molecular formula is C15H23N3O. The molecule has 0 spiro atoms. The maximum absolute atomic E-state index is 5.42. The summed E-state index contributed by atoms with van der Waals surface area (Å²) in [5.41, 5.74) is 2.28. The number of para-hydroxylation sites is 2. The van der Waals surface area contributed by atoms with Crippen LogP contribution in [0.4, 0.5) is 0 Å². The standard InChI is InChI=1S/C15H23N3O/c1-5-18-14-9-7-6-8-12(14)17-15(18)10-13(16-3)11(2)19-4/h6-9,11,13,16H,5,10H2,1-4H3. The van der Waals surface area contributed by atoms with Crippen molar-refractivity contribution in [1.29, 1.82) is 0 Å². The molecule has 0 radical (unpaired) electrons. The fourth-order valence-electron chi connectivity index (χ4n) is 2.50. The van der Waals surface area contributed by atoms with E-state index in [1.807, 2.05) is 13.1 Å². The fraction of sp³-hybridized carbons (Fsp3) is 0.533. The number of imidazole rings is 1. The highest BCUT2D eigenvalue weighted by atomic mass is 16.5. The zero-order valence-corrected chi connectivity index (χ0v) is 12.2. The van der Waals surface area contributed by atoms with Gasteiger partial charge in [-0.25, -0.2) is 4.98 Å². The van der Waals surface area contributed by atoms with Crippen LogP contribution in [0.3, 0.4) is 0 Å². The molecule has 0 aliphatic heterocycles. The lowest BCUT2D eigenvalue weighted by Gasteiger charge is -2.22. The minimum Gasteiger partial charge on any atom is -0.380 e. The first-order valence-corrected chi connectivity index (χ1v) is 6.85. The van der Waals surface area contributed by atoms with Crippen LogP contribution in [0.5, 0.6) is 0 Å². The lowest BCUT2D eigenvalue weighted by atomic mass is 10.1. The second-order valence-corrected chi connectivity index (χ2v) is 4.80. The van der Waals surface area contributed by atoms with Gasteiger partial charge in [0.1, 0.15) is 5.82 Å². The van der Waals surface area contributed by atoms with Gasteiger partial charge in [0.25, 0.3) is 0 Å². The van der Waals surface area contributed by atoms with Crippen LogP contribution in [-0.4, -0.2) is 35.9 Å². The minimum absolute atomic E-state index is 0.162. The average Bonchev–Trinajstić information content (AvgIpc) is 2.80. The van der Waals surface area contributed by atoms with E-state index >= 15 is 0 Å². The molecule has 4 heteroatoms. The molecule has 0 fully saturated rings. The number of methoxy groups -OCH3 is 1. The summed E-state index contributed by atoms with van der Waals surface area (Å²) >= 11 is 0. The molecule has 2 unspecified atom stereocenters. The average molecular weight is 261 g/mol. The SMILES string of the molecule is CCn1c(CC(NC)C(C)OC)nc2ccccc21. The van der Waals surface area contributed by atoms with Crippen molar-refractivity contribution in [3.63, 3.8) is 0 Å². The third-order valence-electron chi connectivity index (χ3n) is 3.76. The lowest BCUT2D eigenvalue weighted by molar-refractivity contribution is 0.0848. The van der Waals surface area contributed by atoms with Crippen LogP contribution in [0.15, 0.2) is 24.3 Å². The monoisotopic (exact) mass is 261 g/mol. The number of fused-ring (bicyclic) bond motifs is 1. The summed E-state index contributed by atoms with van der Waals surface area (Å²) in [6.45, 7) is 5.18. The maximum atomic E-state index is 5.42. The van der Waals surface area contributed by atoms with Crippen molar-refractivity contribution in [3.8, 4) is 0 Å². The molecule has 19 heavy (non-hydrogen) atoms. The van der Waals surface area contributed by atoms with Gasteiger partial charge < -0.3 is 14.6 Å². The molecule has 0 aliphatic rings. The van der Waals surface area contributed by atoms with Crippen LogP contribution >= 0.6 is 0 Å². The fourth-order valence-corrected chi connectivity index (χ4v) is 2.50. The Morgan fingerprint density at radius 2 is 2.11 bits per heavy atom. The van der Waals surface area contributed by atoms with E-state index in [0.717, 1.165) is 24.3 Å². The van der Waals surface area contributed by atoms with E-state index in [1.54, 1.807) is 7.11 Å². The van der Waals surface area contributed by atoms with Gasteiger partial charge in [0, 0.05) is 26.1 Å². The third-order valence-corrected chi connectivity index (χ3v) is 3.76. The molecule has 1 heterocycles. The molecule has 1 N–H and O–H groups in total. The largest absolute Gasteiger partial charge is 0.380 e. The van der Waals surface area contributed by atoms with Crippen LogP contribution in [-0.2, 0) is 17.7 Å². The van der Waals surface area contributed by atoms with E-state index in [0.29, 0.717) is 0 Å². The first-order valence-electron chi connectivity index (χ1n) is 6.85.